The quantitative estimate of drug-likeness (QED) is 0.385. The second-order valence-electron chi connectivity index (χ2n) is 6.64. The molecule has 156 valence electrons. The zero-order valence-electron chi connectivity index (χ0n) is 16.2. The fraction of sp³-hybridized carbons (Fsp3) is 0.263. The lowest BCUT2D eigenvalue weighted by Gasteiger charge is -2.14. The zero-order valence-corrected chi connectivity index (χ0v) is 16.2. The van der Waals surface area contributed by atoms with Crippen molar-refractivity contribution in [2.75, 3.05) is 17.2 Å². The number of ketones is 1. The average Bonchev–Trinajstić information content (AvgIpc) is 3.07. The third kappa shape index (κ3) is 3.52. The summed E-state index contributed by atoms with van der Waals surface area (Å²) in [6.07, 6.45) is 0.190. The minimum atomic E-state index is -0.899. The summed E-state index contributed by atoms with van der Waals surface area (Å²) in [5.74, 6) is -2.86. The van der Waals surface area contributed by atoms with E-state index >= 15 is 0 Å². The molecule has 1 fully saturated rings. The molecule has 0 spiro atoms. The van der Waals surface area contributed by atoms with Gasteiger partial charge in [-0.25, -0.2) is 9.59 Å². The molecule has 2 heterocycles. The summed E-state index contributed by atoms with van der Waals surface area (Å²) < 4.78 is 6.62. The molecule has 2 aromatic rings. The Morgan fingerprint density at radius 2 is 1.67 bits per heavy atom. The van der Waals surface area contributed by atoms with E-state index in [9.17, 15) is 28.8 Å². The Morgan fingerprint density at radius 1 is 1.03 bits per heavy atom. The van der Waals surface area contributed by atoms with Crippen LogP contribution in [-0.2, 0) is 28.4 Å². The van der Waals surface area contributed by atoms with E-state index in [0.29, 0.717) is 0 Å². The molecule has 3 rings (SSSR count). The number of hydrogen-bond donors (Lipinski definition) is 1. The molecule has 0 saturated carbocycles. The SMILES string of the molecule is Cn1c(N)c(C(=O)COC(=O)c2cccc(N3C(=O)CCC3=O)c2)c(=O)n(C)c1=O. The van der Waals surface area contributed by atoms with E-state index in [2.05, 4.69) is 0 Å². The average molecular weight is 414 g/mol. The number of nitrogens with two attached hydrogens (primary N) is 1. The fourth-order valence-electron chi connectivity index (χ4n) is 3.05. The van der Waals surface area contributed by atoms with Gasteiger partial charge < -0.3 is 10.5 Å². The number of hydrogen-bond acceptors (Lipinski definition) is 8. The van der Waals surface area contributed by atoms with Crippen molar-refractivity contribution < 1.29 is 23.9 Å². The number of rotatable bonds is 5. The standard InChI is InChI=1S/C19H18N4O7/c1-21-16(20)15(17(27)22(2)19(21)29)12(24)9-30-18(28)10-4-3-5-11(8-10)23-13(25)6-7-14(23)26/h3-5,8H,6-7,9,20H2,1-2H3. The van der Waals surface area contributed by atoms with Gasteiger partial charge in [0, 0.05) is 26.9 Å². The lowest BCUT2D eigenvalue weighted by atomic mass is 10.2. The third-order valence-electron chi connectivity index (χ3n) is 4.71. The summed E-state index contributed by atoms with van der Waals surface area (Å²) in [6.45, 7) is -0.789. The summed E-state index contributed by atoms with van der Waals surface area (Å²) in [6, 6.07) is 5.65. The van der Waals surface area contributed by atoms with Gasteiger partial charge in [-0.15, -0.1) is 0 Å². The first-order valence-corrected chi connectivity index (χ1v) is 8.85. The van der Waals surface area contributed by atoms with E-state index in [4.69, 9.17) is 10.5 Å². The maximum absolute atomic E-state index is 12.4. The van der Waals surface area contributed by atoms with Crippen LogP contribution in [0.1, 0.15) is 33.6 Å². The molecule has 1 aromatic heterocycles. The first-order valence-electron chi connectivity index (χ1n) is 8.85. The van der Waals surface area contributed by atoms with Gasteiger partial charge in [0.2, 0.25) is 17.6 Å². The fourth-order valence-corrected chi connectivity index (χ4v) is 3.05. The number of nitrogens with zero attached hydrogens (tertiary/aromatic N) is 3. The molecule has 0 unspecified atom stereocenters. The molecule has 1 aromatic carbocycles. The van der Waals surface area contributed by atoms with Gasteiger partial charge in [-0.3, -0.25) is 33.2 Å². The first kappa shape index (κ1) is 20.7. The van der Waals surface area contributed by atoms with Gasteiger partial charge in [-0.2, -0.15) is 0 Å². The van der Waals surface area contributed by atoms with Crippen molar-refractivity contribution in [1.82, 2.24) is 9.13 Å². The Labute approximate surface area is 169 Å². The Bertz CT molecular complexity index is 1190. The highest BCUT2D eigenvalue weighted by Crippen LogP contribution is 2.23. The lowest BCUT2D eigenvalue weighted by molar-refractivity contribution is -0.121. The van der Waals surface area contributed by atoms with Gasteiger partial charge in [0.1, 0.15) is 11.4 Å². The van der Waals surface area contributed by atoms with Crippen molar-refractivity contribution >= 4 is 35.1 Å². The van der Waals surface area contributed by atoms with E-state index in [1.807, 2.05) is 0 Å². The Balaban J connectivity index is 1.79. The minimum Gasteiger partial charge on any atom is -0.454 e. The predicted molar refractivity (Wildman–Crippen MR) is 104 cm³/mol. The number of imide groups is 1. The molecular formula is C19H18N4O7. The summed E-state index contributed by atoms with van der Waals surface area (Å²) in [5, 5.41) is 0. The van der Waals surface area contributed by atoms with Crippen LogP contribution in [0.25, 0.3) is 0 Å². The van der Waals surface area contributed by atoms with Gasteiger partial charge >= 0.3 is 11.7 Å². The van der Waals surface area contributed by atoms with Crippen molar-refractivity contribution in [2.24, 2.45) is 14.1 Å². The molecule has 1 aliphatic heterocycles. The van der Waals surface area contributed by atoms with Crippen LogP contribution in [-0.4, -0.2) is 39.3 Å². The maximum atomic E-state index is 12.4. The van der Waals surface area contributed by atoms with Crippen molar-refractivity contribution in [3.63, 3.8) is 0 Å². The Kier molecular flexibility index (Phi) is 5.37. The Morgan fingerprint density at radius 3 is 2.30 bits per heavy atom. The molecule has 0 atom stereocenters. The van der Waals surface area contributed by atoms with Crippen LogP contribution in [0.2, 0.25) is 0 Å². The van der Waals surface area contributed by atoms with E-state index in [1.165, 1.54) is 38.4 Å². The summed E-state index contributed by atoms with van der Waals surface area (Å²) in [5.41, 5.74) is 3.87. The van der Waals surface area contributed by atoms with Crippen LogP contribution >= 0.6 is 0 Å². The number of carbonyl (C=O) groups excluding carboxylic acids is 4. The molecule has 1 aliphatic rings. The maximum Gasteiger partial charge on any atom is 0.338 e. The number of benzene rings is 1. The van der Waals surface area contributed by atoms with Crippen LogP contribution in [0.3, 0.4) is 0 Å². The molecule has 0 radical (unpaired) electrons. The molecule has 30 heavy (non-hydrogen) atoms. The highest BCUT2D eigenvalue weighted by molar-refractivity contribution is 6.20. The number of aromatic nitrogens is 2. The highest BCUT2D eigenvalue weighted by atomic mass is 16.5. The van der Waals surface area contributed by atoms with E-state index in [-0.39, 0.29) is 41.7 Å². The van der Waals surface area contributed by atoms with E-state index < -0.39 is 35.2 Å². The lowest BCUT2D eigenvalue weighted by Crippen LogP contribution is -2.42. The number of Topliss-reactive ketones (excluding diaryl/α,β-unsaturated/α-hetero) is 1. The molecule has 2 N–H and O–H groups in total. The van der Waals surface area contributed by atoms with Gasteiger partial charge in [0.05, 0.1) is 11.3 Å². The van der Waals surface area contributed by atoms with Crippen molar-refractivity contribution in [3.8, 4) is 0 Å². The van der Waals surface area contributed by atoms with Gasteiger partial charge in [-0.05, 0) is 18.2 Å². The van der Waals surface area contributed by atoms with Crippen LogP contribution in [0, 0.1) is 0 Å². The van der Waals surface area contributed by atoms with Crippen molar-refractivity contribution in [1.29, 1.82) is 0 Å². The molecule has 0 bridgehead atoms. The third-order valence-corrected chi connectivity index (χ3v) is 4.71. The van der Waals surface area contributed by atoms with Crippen LogP contribution in [0.4, 0.5) is 11.5 Å². The number of carbonyl (C=O) groups is 4. The number of esters is 1. The smallest absolute Gasteiger partial charge is 0.338 e. The van der Waals surface area contributed by atoms with Gasteiger partial charge in [-0.1, -0.05) is 6.07 Å². The van der Waals surface area contributed by atoms with Crippen molar-refractivity contribution in [3.05, 3.63) is 56.2 Å². The van der Waals surface area contributed by atoms with Crippen molar-refractivity contribution in [2.45, 2.75) is 12.8 Å². The summed E-state index contributed by atoms with van der Waals surface area (Å²) in [7, 11) is 2.49. The molecule has 0 aliphatic carbocycles. The molecule has 11 heteroatoms. The second kappa shape index (κ2) is 7.78. The van der Waals surface area contributed by atoms with E-state index in [1.54, 1.807) is 0 Å². The predicted octanol–water partition coefficient (Wildman–Crippen LogP) is -0.641. The molecule has 11 nitrogen and oxygen atoms in total. The number of nitrogen functional groups attached to an aromatic ring is 1. The normalized spacial score (nSPS) is 13.6. The largest absolute Gasteiger partial charge is 0.454 e. The first-order chi connectivity index (χ1) is 14.1. The monoisotopic (exact) mass is 414 g/mol. The van der Waals surface area contributed by atoms with Crippen LogP contribution < -0.4 is 21.9 Å². The Hall–Kier alpha value is -4.02. The topological polar surface area (TPSA) is 151 Å². The van der Waals surface area contributed by atoms with E-state index in [0.717, 1.165) is 14.0 Å². The van der Waals surface area contributed by atoms with Crippen LogP contribution in [0.15, 0.2) is 33.9 Å². The van der Waals surface area contributed by atoms with Crippen LogP contribution in [0.5, 0.6) is 0 Å². The minimum absolute atomic E-state index is 0.00846. The number of amides is 2. The molecular weight excluding hydrogens is 396 g/mol. The summed E-state index contributed by atoms with van der Waals surface area (Å²) >= 11 is 0. The highest BCUT2D eigenvalue weighted by Gasteiger charge is 2.30. The summed E-state index contributed by atoms with van der Waals surface area (Å²) in [4.78, 5) is 73.5. The zero-order chi connectivity index (χ0) is 22.2. The number of ether oxygens (including phenoxy) is 1. The second-order valence-corrected chi connectivity index (χ2v) is 6.64. The molecule has 1 saturated heterocycles. The van der Waals surface area contributed by atoms with Gasteiger partial charge in [0.15, 0.2) is 6.61 Å². The molecule has 2 amide bonds. The van der Waals surface area contributed by atoms with Gasteiger partial charge in [0.25, 0.3) is 5.56 Å². The number of anilines is 2.